The standard InChI is InChI=1S/C16H22ClNOS/c1-3-11-4-6-12(7-5-11)18-16(19)14-10-13(20-2)8-9-15(14)17/h8-12H,3-7H2,1-2H3,(H,18,19). The molecule has 0 unspecified atom stereocenters. The van der Waals surface area contributed by atoms with Crippen molar-refractivity contribution in [3.63, 3.8) is 0 Å². The third-order valence-corrected chi connectivity index (χ3v) is 5.23. The van der Waals surface area contributed by atoms with Gasteiger partial charge in [0.25, 0.3) is 5.91 Å². The Morgan fingerprint density at radius 2 is 2.05 bits per heavy atom. The van der Waals surface area contributed by atoms with Gasteiger partial charge in [0.1, 0.15) is 0 Å². The van der Waals surface area contributed by atoms with Crippen LogP contribution in [0.5, 0.6) is 0 Å². The number of carbonyl (C=O) groups excluding carboxylic acids is 1. The topological polar surface area (TPSA) is 29.1 Å². The first-order valence-corrected chi connectivity index (χ1v) is 8.88. The smallest absolute Gasteiger partial charge is 0.253 e. The summed E-state index contributed by atoms with van der Waals surface area (Å²) < 4.78 is 0. The summed E-state index contributed by atoms with van der Waals surface area (Å²) >= 11 is 7.76. The normalized spacial score (nSPS) is 22.6. The molecular weight excluding hydrogens is 290 g/mol. The Kier molecular flexibility index (Phi) is 5.79. The molecule has 0 radical (unpaired) electrons. The van der Waals surface area contributed by atoms with Crippen molar-refractivity contribution < 1.29 is 4.79 Å². The molecule has 4 heteroatoms. The molecule has 0 aromatic heterocycles. The minimum absolute atomic E-state index is 0.0363. The van der Waals surface area contributed by atoms with Crippen LogP contribution in [0.3, 0.4) is 0 Å². The molecule has 1 aliphatic rings. The van der Waals surface area contributed by atoms with Crippen LogP contribution in [0.4, 0.5) is 0 Å². The quantitative estimate of drug-likeness (QED) is 0.812. The predicted octanol–water partition coefficient (Wildman–Crippen LogP) is 4.76. The summed E-state index contributed by atoms with van der Waals surface area (Å²) in [5.41, 5.74) is 0.594. The van der Waals surface area contributed by atoms with Gasteiger partial charge in [-0.25, -0.2) is 0 Å². The molecule has 0 atom stereocenters. The van der Waals surface area contributed by atoms with Gasteiger partial charge in [-0.1, -0.05) is 24.9 Å². The molecule has 1 aromatic carbocycles. The van der Waals surface area contributed by atoms with E-state index in [9.17, 15) is 4.79 Å². The van der Waals surface area contributed by atoms with E-state index in [1.165, 1.54) is 19.3 Å². The lowest BCUT2D eigenvalue weighted by Gasteiger charge is -2.28. The van der Waals surface area contributed by atoms with Crippen LogP contribution in [0, 0.1) is 5.92 Å². The van der Waals surface area contributed by atoms with E-state index in [0.717, 1.165) is 23.7 Å². The van der Waals surface area contributed by atoms with Gasteiger partial charge >= 0.3 is 0 Å². The summed E-state index contributed by atoms with van der Waals surface area (Å²) in [6, 6.07) is 5.92. The Balaban J connectivity index is 1.98. The summed E-state index contributed by atoms with van der Waals surface area (Å²) in [6.45, 7) is 2.25. The van der Waals surface area contributed by atoms with Crippen LogP contribution in [-0.4, -0.2) is 18.2 Å². The van der Waals surface area contributed by atoms with Crippen molar-refractivity contribution in [2.45, 2.75) is 50.0 Å². The molecular formula is C16H22ClNOS. The van der Waals surface area contributed by atoms with Gasteiger partial charge in [0.2, 0.25) is 0 Å². The van der Waals surface area contributed by atoms with E-state index in [1.54, 1.807) is 17.8 Å². The Labute approximate surface area is 130 Å². The molecule has 0 spiro atoms. The molecule has 0 saturated heterocycles. The molecule has 2 rings (SSSR count). The number of hydrogen-bond donors (Lipinski definition) is 1. The van der Waals surface area contributed by atoms with Crippen molar-refractivity contribution in [3.8, 4) is 0 Å². The average molecular weight is 312 g/mol. The highest BCUT2D eigenvalue weighted by Gasteiger charge is 2.22. The van der Waals surface area contributed by atoms with E-state index < -0.39 is 0 Å². The van der Waals surface area contributed by atoms with Crippen LogP contribution in [-0.2, 0) is 0 Å². The first kappa shape index (κ1) is 15.7. The Hall–Kier alpha value is -0.670. The van der Waals surface area contributed by atoms with Crippen molar-refractivity contribution in [1.82, 2.24) is 5.32 Å². The van der Waals surface area contributed by atoms with Gasteiger partial charge < -0.3 is 5.32 Å². The first-order chi connectivity index (χ1) is 9.63. The van der Waals surface area contributed by atoms with Gasteiger partial charge in [-0.2, -0.15) is 0 Å². The Bertz CT molecular complexity index is 470. The van der Waals surface area contributed by atoms with Crippen LogP contribution in [0.2, 0.25) is 5.02 Å². The Morgan fingerprint density at radius 1 is 1.35 bits per heavy atom. The number of hydrogen-bond acceptors (Lipinski definition) is 2. The molecule has 2 nitrogen and oxygen atoms in total. The molecule has 1 aliphatic carbocycles. The Morgan fingerprint density at radius 3 is 2.65 bits per heavy atom. The lowest BCUT2D eigenvalue weighted by Crippen LogP contribution is -2.37. The summed E-state index contributed by atoms with van der Waals surface area (Å²) in [5, 5.41) is 3.67. The van der Waals surface area contributed by atoms with Gasteiger partial charge in [-0.15, -0.1) is 11.8 Å². The van der Waals surface area contributed by atoms with Crippen molar-refractivity contribution >= 4 is 29.3 Å². The highest BCUT2D eigenvalue weighted by atomic mass is 35.5. The molecule has 0 bridgehead atoms. The number of carbonyl (C=O) groups is 1. The summed E-state index contributed by atoms with van der Waals surface area (Å²) in [5.74, 6) is 0.803. The van der Waals surface area contributed by atoms with E-state index >= 15 is 0 Å². The van der Waals surface area contributed by atoms with E-state index in [1.807, 2.05) is 18.4 Å². The lowest BCUT2D eigenvalue weighted by molar-refractivity contribution is 0.0921. The molecule has 1 saturated carbocycles. The van der Waals surface area contributed by atoms with Crippen LogP contribution in [0.25, 0.3) is 0 Å². The fourth-order valence-corrected chi connectivity index (χ4v) is 3.43. The van der Waals surface area contributed by atoms with Crippen molar-refractivity contribution in [2.24, 2.45) is 5.92 Å². The largest absolute Gasteiger partial charge is 0.349 e. The molecule has 1 fully saturated rings. The number of halogens is 1. The van der Waals surface area contributed by atoms with Crippen LogP contribution in [0.15, 0.2) is 23.1 Å². The predicted molar refractivity (Wildman–Crippen MR) is 86.7 cm³/mol. The summed E-state index contributed by atoms with van der Waals surface area (Å²) in [7, 11) is 0. The first-order valence-electron chi connectivity index (χ1n) is 7.28. The highest BCUT2D eigenvalue weighted by molar-refractivity contribution is 7.98. The number of nitrogens with one attached hydrogen (secondary N) is 1. The van der Waals surface area contributed by atoms with Gasteiger partial charge in [-0.05, 0) is 56.1 Å². The monoisotopic (exact) mass is 311 g/mol. The maximum atomic E-state index is 12.3. The minimum atomic E-state index is -0.0363. The summed E-state index contributed by atoms with van der Waals surface area (Å²) in [6.07, 6.45) is 7.87. The second-order valence-corrected chi connectivity index (χ2v) is 6.73. The van der Waals surface area contributed by atoms with Gasteiger partial charge in [0.05, 0.1) is 10.6 Å². The second-order valence-electron chi connectivity index (χ2n) is 5.45. The fourth-order valence-electron chi connectivity index (χ4n) is 2.78. The SMILES string of the molecule is CCC1CCC(NC(=O)c2cc(SC)ccc2Cl)CC1. The zero-order valence-electron chi connectivity index (χ0n) is 12.1. The van der Waals surface area contributed by atoms with Crippen LogP contribution < -0.4 is 5.32 Å². The number of rotatable bonds is 4. The van der Waals surface area contributed by atoms with Gasteiger partial charge in [0, 0.05) is 10.9 Å². The molecule has 1 aromatic rings. The maximum absolute atomic E-state index is 12.3. The third-order valence-electron chi connectivity index (χ3n) is 4.18. The summed E-state index contributed by atoms with van der Waals surface area (Å²) in [4.78, 5) is 13.4. The van der Waals surface area contributed by atoms with E-state index in [-0.39, 0.29) is 5.91 Å². The molecule has 0 heterocycles. The van der Waals surface area contributed by atoms with Crippen molar-refractivity contribution in [3.05, 3.63) is 28.8 Å². The van der Waals surface area contributed by atoms with Gasteiger partial charge in [-0.3, -0.25) is 4.79 Å². The van der Waals surface area contributed by atoms with Crippen LogP contribution >= 0.6 is 23.4 Å². The molecule has 0 aliphatic heterocycles. The third kappa shape index (κ3) is 3.92. The minimum Gasteiger partial charge on any atom is -0.349 e. The van der Waals surface area contributed by atoms with E-state index in [4.69, 9.17) is 11.6 Å². The average Bonchev–Trinajstić information content (AvgIpc) is 2.48. The number of thioether (sulfide) groups is 1. The molecule has 1 amide bonds. The fraction of sp³-hybridized carbons (Fsp3) is 0.562. The highest BCUT2D eigenvalue weighted by Crippen LogP contribution is 2.27. The van der Waals surface area contributed by atoms with Gasteiger partial charge in [0.15, 0.2) is 0 Å². The zero-order chi connectivity index (χ0) is 14.5. The van der Waals surface area contributed by atoms with Crippen molar-refractivity contribution in [1.29, 1.82) is 0 Å². The number of benzene rings is 1. The van der Waals surface area contributed by atoms with E-state index in [0.29, 0.717) is 16.6 Å². The number of amides is 1. The zero-order valence-corrected chi connectivity index (χ0v) is 13.7. The molecule has 20 heavy (non-hydrogen) atoms. The second kappa shape index (κ2) is 7.37. The molecule has 110 valence electrons. The maximum Gasteiger partial charge on any atom is 0.253 e. The van der Waals surface area contributed by atoms with Crippen LogP contribution in [0.1, 0.15) is 49.4 Å². The van der Waals surface area contributed by atoms with Crippen molar-refractivity contribution in [2.75, 3.05) is 6.26 Å². The lowest BCUT2D eigenvalue weighted by atomic mass is 9.84. The van der Waals surface area contributed by atoms with E-state index in [2.05, 4.69) is 12.2 Å². The molecule has 1 N–H and O–H groups in total.